The van der Waals surface area contributed by atoms with E-state index in [4.69, 9.17) is 25.1 Å². The van der Waals surface area contributed by atoms with E-state index in [1.54, 1.807) is 0 Å². The lowest BCUT2D eigenvalue weighted by atomic mass is 9.85. The Morgan fingerprint density at radius 2 is 1.25 bits per heavy atom. The molecule has 0 spiro atoms. The summed E-state index contributed by atoms with van der Waals surface area (Å²) in [7, 11) is -5.18. The first-order valence-electron chi connectivity index (χ1n) is 3.74. The Morgan fingerprint density at radius 3 is 1.31 bits per heavy atom. The number of rotatable bonds is 5. The summed E-state index contributed by atoms with van der Waals surface area (Å²) in [4.78, 5) is 49.4. The van der Waals surface area contributed by atoms with Crippen molar-refractivity contribution in [1.29, 1.82) is 0 Å². The number of carboxylic acids is 3. The van der Waals surface area contributed by atoms with Crippen molar-refractivity contribution in [2.24, 2.45) is 5.41 Å². The van der Waals surface area contributed by atoms with Gasteiger partial charge in [0.15, 0.2) is 0 Å². The van der Waals surface area contributed by atoms with E-state index in [9.17, 15) is 18.9 Å². The van der Waals surface area contributed by atoms with Crippen LogP contribution >= 0.6 is 7.60 Å². The maximum Gasteiger partial charge on any atom is 0.333 e. The molecule has 0 fully saturated rings. The predicted molar refractivity (Wildman–Crippen MR) is 46.8 cm³/mol. The van der Waals surface area contributed by atoms with Crippen molar-refractivity contribution < 1.29 is 44.1 Å². The third kappa shape index (κ3) is 2.06. The molecule has 1 atom stereocenters. The Hall–Kier alpha value is -1.44. The van der Waals surface area contributed by atoms with E-state index in [-0.39, 0.29) is 0 Å². The number of aliphatic carboxylic acids is 3. The monoisotopic (exact) mass is 256 g/mol. The summed E-state index contributed by atoms with van der Waals surface area (Å²) in [5.41, 5.74) is -5.97. The van der Waals surface area contributed by atoms with E-state index in [0.29, 0.717) is 6.92 Å². The molecule has 0 amide bonds. The molecular weight excluding hydrogens is 247 g/mol. The zero-order chi connectivity index (χ0) is 13.3. The van der Waals surface area contributed by atoms with Gasteiger partial charge in [-0.2, -0.15) is 0 Å². The average molecular weight is 256 g/mol. The van der Waals surface area contributed by atoms with Gasteiger partial charge in [-0.1, -0.05) is 0 Å². The molecule has 5 N–H and O–H groups in total. The summed E-state index contributed by atoms with van der Waals surface area (Å²) < 4.78 is 10.8. The highest BCUT2D eigenvalue weighted by atomic mass is 31.2. The molecule has 0 aromatic heterocycles. The lowest BCUT2D eigenvalue weighted by molar-refractivity contribution is -0.175. The molecule has 10 heteroatoms. The van der Waals surface area contributed by atoms with E-state index in [1.165, 1.54) is 0 Å². The van der Waals surface area contributed by atoms with E-state index < -0.39 is 36.6 Å². The normalized spacial score (nSPS) is 14.2. The standard InChI is InChI=1S/C6H9O9P/c1-2(16(13,14)15)6(3(7)8,4(9)10)5(11)12/h2H,1H3,(H,7,8)(H,9,10)(H,11,12)(H2,13,14,15). The lowest BCUT2D eigenvalue weighted by Gasteiger charge is -2.27. The molecule has 0 saturated heterocycles. The van der Waals surface area contributed by atoms with Crippen LogP contribution in [0, 0.1) is 5.41 Å². The molecule has 16 heavy (non-hydrogen) atoms. The van der Waals surface area contributed by atoms with Crippen molar-refractivity contribution in [2.75, 3.05) is 0 Å². The van der Waals surface area contributed by atoms with Gasteiger partial charge in [0, 0.05) is 0 Å². The fourth-order valence-corrected chi connectivity index (χ4v) is 1.90. The average Bonchev–Trinajstić information content (AvgIpc) is 2.00. The molecule has 0 aromatic carbocycles. The fraction of sp³-hybridized carbons (Fsp3) is 0.500. The van der Waals surface area contributed by atoms with Gasteiger partial charge in [-0.15, -0.1) is 0 Å². The van der Waals surface area contributed by atoms with Crippen LogP contribution in [0.5, 0.6) is 0 Å². The van der Waals surface area contributed by atoms with Gasteiger partial charge in [0.05, 0.1) is 5.66 Å². The van der Waals surface area contributed by atoms with Crippen molar-refractivity contribution in [3.05, 3.63) is 0 Å². The highest BCUT2D eigenvalue weighted by Gasteiger charge is 2.63. The molecule has 0 aliphatic heterocycles. The molecule has 92 valence electrons. The van der Waals surface area contributed by atoms with E-state index in [0.717, 1.165) is 0 Å². The van der Waals surface area contributed by atoms with Crippen LogP contribution in [-0.4, -0.2) is 48.7 Å². The molecule has 0 bridgehead atoms. The van der Waals surface area contributed by atoms with Crippen LogP contribution in [0.15, 0.2) is 0 Å². The Kier molecular flexibility index (Phi) is 3.82. The van der Waals surface area contributed by atoms with Gasteiger partial charge in [0.25, 0.3) is 5.41 Å². The summed E-state index contributed by atoms with van der Waals surface area (Å²) in [6.45, 7) is 0.553. The van der Waals surface area contributed by atoms with Crippen LogP contribution in [0.3, 0.4) is 0 Å². The van der Waals surface area contributed by atoms with Gasteiger partial charge in [0.2, 0.25) is 0 Å². The molecule has 0 rings (SSSR count). The third-order valence-electron chi connectivity index (χ3n) is 2.14. The highest BCUT2D eigenvalue weighted by molar-refractivity contribution is 7.52. The molecule has 0 saturated carbocycles. The summed E-state index contributed by atoms with van der Waals surface area (Å²) >= 11 is 0. The Morgan fingerprint density at radius 1 is 1.00 bits per heavy atom. The molecule has 0 aliphatic rings. The molecule has 0 radical (unpaired) electrons. The minimum Gasteiger partial charge on any atom is -0.480 e. The Labute approximate surface area is 88.5 Å². The predicted octanol–water partition coefficient (Wildman–Crippen LogP) is -1.21. The zero-order valence-corrected chi connectivity index (χ0v) is 8.79. The molecule has 0 aromatic rings. The Bertz CT molecular complexity index is 343. The van der Waals surface area contributed by atoms with E-state index >= 15 is 0 Å². The maximum atomic E-state index is 10.8. The number of carboxylic acid groups (broad SMARTS) is 3. The van der Waals surface area contributed by atoms with Crippen molar-refractivity contribution in [3.8, 4) is 0 Å². The van der Waals surface area contributed by atoms with Crippen molar-refractivity contribution >= 4 is 25.5 Å². The van der Waals surface area contributed by atoms with Crippen LogP contribution in [0.4, 0.5) is 0 Å². The van der Waals surface area contributed by atoms with Crippen LogP contribution in [0.1, 0.15) is 6.92 Å². The third-order valence-corrected chi connectivity index (χ3v) is 3.54. The molecule has 0 aliphatic carbocycles. The first-order valence-corrected chi connectivity index (χ1v) is 5.42. The van der Waals surface area contributed by atoms with Crippen molar-refractivity contribution in [1.82, 2.24) is 0 Å². The van der Waals surface area contributed by atoms with E-state index in [1.807, 2.05) is 0 Å². The summed E-state index contributed by atoms with van der Waals surface area (Å²) in [6.07, 6.45) is 0. The van der Waals surface area contributed by atoms with Crippen LogP contribution in [-0.2, 0) is 18.9 Å². The second-order valence-electron chi connectivity index (χ2n) is 2.99. The minimum atomic E-state index is -5.18. The van der Waals surface area contributed by atoms with E-state index in [2.05, 4.69) is 0 Å². The number of carbonyl (C=O) groups is 3. The molecule has 0 heterocycles. The lowest BCUT2D eigenvalue weighted by Crippen LogP contribution is -2.53. The SMILES string of the molecule is CC(C(C(=O)O)(C(=O)O)C(=O)O)P(=O)(O)O. The fourth-order valence-electron chi connectivity index (χ4n) is 1.06. The largest absolute Gasteiger partial charge is 0.480 e. The minimum absolute atomic E-state index is 0.553. The van der Waals surface area contributed by atoms with Gasteiger partial charge in [-0.3, -0.25) is 18.9 Å². The first kappa shape index (κ1) is 14.6. The quantitative estimate of drug-likeness (QED) is 0.299. The van der Waals surface area contributed by atoms with Gasteiger partial charge in [-0.05, 0) is 6.92 Å². The van der Waals surface area contributed by atoms with Gasteiger partial charge in [0.1, 0.15) is 0 Å². The van der Waals surface area contributed by atoms with Gasteiger partial charge >= 0.3 is 25.5 Å². The number of hydrogen-bond acceptors (Lipinski definition) is 4. The van der Waals surface area contributed by atoms with Gasteiger partial charge in [-0.25, -0.2) is 0 Å². The maximum absolute atomic E-state index is 10.8. The summed E-state index contributed by atoms with van der Waals surface area (Å²) in [6, 6.07) is 0. The second-order valence-corrected chi connectivity index (χ2v) is 4.94. The van der Waals surface area contributed by atoms with Crippen molar-refractivity contribution in [2.45, 2.75) is 12.6 Å². The zero-order valence-electron chi connectivity index (χ0n) is 7.89. The Balaban J connectivity index is 5.94. The molecule has 9 nitrogen and oxygen atoms in total. The summed E-state index contributed by atoms with van der Waals surface area (Å²) in [5.74, 6) is -7.03. The molecular formula is C6H9O9P. The molecule has 1 unspecified atom stereocenters. The van der Waals surface area contributed by atoms with Crippen LogP contribution < -0.4 is 0 Å². The van der Waals surface area contributed by atoms with Crippen LogP contribution in [0.25, 0.3) is 0 Å². The number of hydrogen-bond donors (Lipinski definition) is 5. The first-order chi connectivity index (χ1) is 6.98. The van der Waals surface area contributed by atoms with Crippen molar-refractivity contribution in [3.63, 3.8) is 0 Å². The second kappa shape index (κ2) is 4.20. The highest BCUT2D eigenvalue weighted by Crippen LogP contribution is 2.50. The topological polar surface area (TPSA) is 169 Å². The van der Waals surface area contributed by atoms with Gasteiger partial charge < -0.3 is 25.1 Å². The summed E-state index contributed by atoms with van der Waals surface area (Å²) in [5, 5.41) is 25.8. The smallest absolute Gasteiger partial charge is 0.333 e. The van der Waals surface area contributed by atoms with Crippen LogP contribution in [0.2, 0.25) is 0 Å².